The third-order valence-electron chi connectivity index (χ3n) is 2.18. The Labute approximate surface area is 63.2 Å². The minimum Gasteiger partial charge on any atom is -0.330 e. The van der Waals surface area contributed by atoms with Gasteiger partial charge in [0.25, 0.3) is 0 Å². The van der Waals surface area contributed by atoms with Crippen LogP contribution in [0.3, 0.4) is 0 Å². The molecule has 0 aromatic rings. The van der Waals surface area contributed by atoms with E-state index in [1.54, 1.807) is 0 Å². The van der Waals surface area contributed by atoms with Gasteiger partial charge >= 0.3 is 0 Å². The Morgan fingerprint density at radius 3 is 3.00 bits per heavy atom. The summed E-state index contributed by atoms with van der Waals surface area (Å²) in [6.45, 7) is 2.03. The van der Waals surface area contributed by atoms with E-state index in [2.05, 4.69) is 5.32 Å². The number of nitrogens with one attached hydrogen (secondary N) is 1. The van der Waals surface area contributed by atoms with Crippen molar-refractivity contribution >= 4 is 0 Å². The van der Waals surface area contributed by atoms with Crippen molar-refractivity contribution in [2.45, 2.75) is 38.1 Å². The first-order chi connectivity index (χ1) is 4.93. The molecule has 2 nitrogen and oxygen atoms in total. The van der Waals surface area contributed by atoms with Gasteiger partial charge in [0, 0.05) is 6.04 Å². The van der Waals surface area contributed by atoms with Gasteiger partial charge in [0.2, 0.25) is 0 Å². The summed E-state index contributed by atoms with van der Waals surface area (Å²) >= 11 is 0. The van der Waals surface area contributed by atoms with E-state index in [-0.39, 0.29) is 0 Å². The van der Waals surface area contributed by atoms with Crippen LogP contribution in [0.4, 0.5) is 0 Å². The molecule has 0 aliphatic carbocycles. The summed E-state index contributed by atoms with van der Waals surface area (Å²) in [5.41, 5.74) is 5.47. The topological polar surface area (TPSA) is 38.0 Å². The molecule has 1 saturated heterocycles. The van der Waals surface area contributed by atoms with Gasteiger partial charge in [0.05, 0.1) is 0 Å². The first-order valence-electron chi connectivity index (χ1n) is 4.37. The maximum absolute atomic E-state index is 5.47. The van der Waals surface area contributed by atoms with Crippen molar-refractivity contribution in [2.24, 2.45) is 5.73 Å². The van der Waals surface area contributed by atoms with Crippen LogP contribution in [0.5, 0.6) is 0 Å². The molecule has 10 heavy (non-hydrogen) atoms. The summed E-state index contributed by atoms with van der Waals surface area (Å²) < 4.78 is 0. The average Bonchev–Trinajstić information content (AvgIpc) is 2.17. The van der Waals surface area contributed by atoms with Gasteiger partial charge in [-0.15, -0.1) is 0 Å². The fourth-order valence-electron chi connectivity index (χ4n) is 1.55. The fraction of sp³-hybridized carbons (Fsp3) is 1.00. The lowest BCUT2D eigenvalue weighted by Crippen LogP contribution is -2.30. The molecule has 0 amide bonds. The second kappa shape index (κ2) is 4.69. The predicted octanol–water partition coefficient (Wildman–Crippen LogP) is 0.867. The van der Waals surface area contributed by atoms with E-state index in [0.29, 0.717) is 6.04 Å². The van der Waals surface area contributed by atoms with E-state index in [4.69, 9.17) is 5.73 Å². The summed E-state index contributed by atoms with van der Waals surface area (Å²) in [6, 6.07) is 0.715. The largest absolute Gasteiger partial charge is 0.330 e. The molecule has 0 aromatic heterocycles. The lowest BCUT2D eigenvalue weighted by atomic mass is 10.1. The Hall–Kier alpha value is -0.0800. The summed E-state index contributed by atoms with van der Waals surface area (Å²) in [5, 5.41) is 3.50. The van der Waals surface area contributed by atoms with Crippen molar-refractivity contribution in [3.63, 3.8) is 0 Å². The zero-order chi connectivity index (χ0) is 7.23. The van der Waals surface area contributed by atoms with Crippen molar-refractivity contribution in [1.82, 2.24) is 5.32 Å². The zero-order valence-corrected chi connectivity index (χ0v) is 6.60. The maximum Gasteiger partial charge on any atom is 0.00790 e. The standard InChI is InChI=1S/C8H18N2/c9-6-5-8-4-2-1-3-7-10-8/h8,10H,1-7,9H2. The highest BCUT2D eigenvalue weighted by Gasteiger charge is 2.08. The van der Waals surface area contributed by atoms with Crippen molar-refractivity contribution in [1.29, 1.82) is 0 Å². The zero-order valence-electron chi connectivity index (χ0n) is 6.60. The number of rotatable bonds is 2. The molecule has 1 aliphatic heterocycles. The number of nitrogens with two attached hydrogens (primary N) is 1. The van der Waals surface area contributed by atoms with Gasteiger partial charge in [0.15, 0.2) is 0 Å². The van der Waals surface area contributed by atoms with E-state index < -0.39 is 0 Å². The molecule has 1 heterocycles. The van der Waals surface area contributed by atoms with Gasteiger partial charge in [-0.2, -0.15) is 0 Å². The molecular weight excluding hydrogens is 124 g/mol. The van der Waals surface area contributed by atoms with Gasteiger partial charge < -0.3 is 11.1 Å². The normalized spacial score (nSPS) is 27.9. The first-order valence-corrected chi connectivity index (χ1v) is 4.37. The molecule has 0 spiro atoms. The lowest BCUT2D eigenvalue weighted by Gasteiger charge is -2.13. The Balaban J connectivity index is 2.15. The van der Waals surface area contributed by atoms with Crippen LogP contribution >= 0.6 is 0 Å². The third-order valence-corrected chi connectivity index (χ3v) is 2.18. The highest BCUT2D eigenvalue weighted by Crippen LogP contribution is 2.09. The molecule has 0 aromatic carbocycles. The SMILES string of the molecule is NCCC1CCCCCN1. The van der Waals surface area contributed by atoms with Crippen LogP contribution < -0.4 is 11.1 Å². The van der Waals surface area contributed by atoms with E-state index in [9.17, 15) is 0 Å². The van der Waals surface area contributed by atoms with Crippen LogP contribution in [-0.2, 0) is 0 Å². The molecule has 0 saturated carbocycles. The van der Waals surface area contributed by atoms with Crippen molar-refractivity contribution < 1.29 is 0 Å². The van der Waals surface area contributed by atoms with Crippen molar-refractivity contribution in [3.05, 3.63) is 0 Å². The van der Waals surface area contributed by atoms with Gasteiger partial charge in [0.1, 0.15) is 0 Å². The summed E-state index contributed by atoms with van der Waals surface area (Å²) in [7, 11) is 0. The minimum atomic E-state index is 0.715. The molecule has 1 fully saturated rings. The van der Waals surface area contributed by atoms with Gasteiger partial charge in [-0.1, -0.05) is 12.8 Å². The van der Waals surface area contributed by atoms with Crippen molar-refractivity contribution in [3.8, 4) is 0 Å². The van der Waals surface area contributed by atoms with Gasteiger partial charge in [-0.25, -0.2) is 0 Å². The molecule has 60 valence electrons. The second-order valence-corrected chi connectivity index (χ2v) is 3.08. The number of hydrogen-bond acceptors (Lipinski definition) is 2. The van der Waals surface area contributed by atoms with E-state index in [1.165, 1.54) is 32.2 Å². The van der Waals surface area contributed by atoms with Gasteiger partial charge in [-0.05, 0) is 32.4 Å². The summed E-state index contributed by atoms with van der Waals surface area (Å²) in [6.07, 6.45) is 6.62. The Morgan fingerprint density at radius 1 is 1.30 bits per heavy atom. The highest BCUT2D eigenvalue weighted by molar-refractivity contribution is 4.70. The molecule has 0 radical (unpaired) electrons. The second-order valence-electron chi connectivity index (χ2n) is 3.08. The molecule has 1 atom stereocenters. The molecule has 0 bridgehead atoms. The first kappa shape index (κ1) is 8.02. The van der Waals surface area contributed by atoms with Crippen LogP contribution in [-0.4, -0.2) is 19.1 Å². The third kappa shape index (κ3) is 2.67. The molecule has 2 heteroatoms. The number of hydrogen-bond donors (Lipinski definition) is 2. The monoisotopic (exact) mass is 142 g/mol. The van der Waals surface area contributed by atoms with E-state index >= 15 is 0 Å². The predicted molar refractivity (Wildman–Crippen MR) is 43.9 cm³/mol. The Bertz CT molecular complexity index is 75.3. The highest BCUT2D eigenvalue weighted by atomic mass is 14.9. The maximum atomic E-state index is 5.47. The molecule has 1 aliphatic rings. The van der Waals surface area contributed by atoms with Crippen LogP contribution in [0, 0.1) is 0 Å². The van der Waals surface area contributed by atoms with Crippen molar-refractivity contribution in [2.75, 3.05) is 13.1 Å². The Morgan fingerprint density at radius 2 is 2.20 bits per heavy atom. The van der Waals surface area contributed by atoms with Crippen LogP contribution in [0.2, 0.25) is 0 Å². The molecular formula is C8H18N2. The summed E-state index contributed by atoms with van der Waals surface area (Å²) in [5.74, 6) is 0. The fourth-order valence-corrected chi connectivity index (χ4v) is 1.55. The quantitative estimate of drug-likeness (QED) is 0.600. The summed E-state index contributed by atoms with van der Waals surface area (Å²) in [4.78, 5) is 0. The van der Waals surface area contributed by atoms with E-state index in [1.807, 2.05) is 0 Å². The van der Waals surface area contributed by atoms with Crippen LogP contribution in [0.25, 0.3) is 0 Å². The minimum absolute atomic E-state index is 0.715. The Kier molecular flexibility index (Phi) is 3.76. The average molecular weight is 142 g/mol. The molecule has 1 rings (SSSR count). The molecule has 1 unspecified atom stereocenters. The molecule has 3 N–H and O–H groups in total. The smallest absolute Gasteiger partial charge is 0.00790 e. The van der Waals surface area contributed by atoms with E-state index in [0.717, 1.165) is 13.0 Å². The lowest BCUT2D eigenvalue weighted by molar-refractivity contribution is 0.484. The van der Waals surface area contributed by atoms with Gasteiger partial charge in [-0.3, -0.25) is 0 Å². The van der Waals surface area contributed by atoms with Crippen LogP contribution in [0.1, 0.15) is 32.1 Å². The van der Waals surface area contributed by atoms with Crippen LogP contribution in [0.15, 0.2) is 0 Å².